The molecule has 0 saturated carbocycles. The molecule has 1 saturated heterocycles. The molecule has 1 aliphatic rings. The SMILES string of the molecule is CC1CC(N)CN(C(c2ccccc2)c2ccco2)C1. The lowest BCUT2D eigenvalue weighted by Gasteiger charge is -2.39. The number of nitrogens with two attached hydrogens (primary N) is 1. The Kier molecular flexibility index (Phi) is 3.90. The maximum Gasteiger partial charge on any atom is 0.125 e. The van der Waals surface area contributed by atoms with E-state index in [0.29, 0.717) is 5.92 Å². The van der Waals surface area contributed by atoms with Crippen LogP contribution in [0, 0.1) is 5.92 Å². The Morgan fingerprint density at radius 1 is 1.15 bits per heavy atom. The van der Waals surface area contributed by atoms with E-state index in [4.69, 9.17) is 10.2 Å². The molecule has 2 N–H and O–H groups in total. The summed E-state index contributed by atoms with van der Waals surface area (Å²) in [5, 5.41) is 0. The van der Waals surface area contributed by atoms with Crippen LogP contribution in [0.1, 0.15) is 30.7 Å². The fourth-order valence-electron chi connectivity index (χ4n) is 3.29. The Labute approximate surface area is 120 Å². The van der Waals surface area contributed by atoms with E-state index in [9.17, 15) is 0 Å². The predicted octanol–water partition coefficient (Wildman–Crippen LogP) is 3.04. The van der Waals surface area contributed by atoms with Crippen LogP contribution < -0.4 is 5.73 Å². The standard InChI is InChI=1S/C17H22N2O/c1-13-10-15(18)12-19(11-13)17(16-8-5-9-20-16)14-6-3-2-4-7-14/h2-9,13,15,17H,10-12,18H2,1H3. The maximum absolute atomic E-state index is 6.21. The van der Waals surface area contributed by atoms with Crippen LogP contribution in [0.4, 0.5) is 0 Å². The quantitative estimate of drug-likeness (QED) is 0.932. The van der Waals surface area contributed by atoms with E-state index >= 15 is 0 Å². The van der Waals surface area contributed by atoms with Crippen molar-refractivity contribution in [2.24, 2.45) is 11.7 Å². The maximum atomic E-state index is 6.21. The molecule has 3 heteroatoms. The second kappa shape index (κ2) is 5.81. The van der Waals surface area contributed by atoms with Gasteiger partial charge in [-0.15, -0.1) is 0 Å². The Balaban J connectivity index is 1.94. The highest BCUT2D eigenvalue weighted by atomic mass is 16.3. The molecular formula is C17H22N2O. The number of hydrogen-bond acceptors (Lipinski definition) is 3. The molecule has 0 bridgehead atoms. The molecule has 0 radical (unpaired) electrons. The number of piperidine rings is 1. The number of hydrogen-bond donors (Lipinski definition) is 1. The molecule has 2 heterocycles. The average Bonchev–Trinajstić information content (AvgIpc) is 2.93. The summed E-state index contributed by atoms with van der Waals surface area (Å²) in [6, 6.07) is 15.0. The molecule has 20 heavy (non-hydrogen) atoms. The average molecular weight is 270 g/mol. The third kappa shape index (κ3) is 2.79. The Bertz CT molecular complexity index is 513. The highest BCUT2D eigenvalue weighted by molar-refractivity contribution is 5.27. The Morgan fingerprint density at radius 3 is 2.60 bits per heavy atom. The summed E-state index contributed by atoms with van der Waals surface area (Å²) in [7, 11) is 0. The van der Waals surface area contributed by atoms with Gasteiger partial charge in [-0.3, -0.25) is 4.90 Å². The second-order valence-electron chi connectivity index (χ2n) is 5.88. The lowest BCUT2D eigenvalue weighted by Crippen LogP contribution is -2.47. The third-order valence-electron chi connectivity index (χ3n) is 4.01. The molecule has 1 aromatic carbocycles. The van der Waals surface area contributed by atoms with Crippen molar-refractivity contribution in [2.45, 2.75) is 25.4 Å². The first-order chi connectivity index (χ1) is 9.74. The minimum atomic E-state index is 0.167. The van der Waals surface area contributed by atoms with Crippen LogP contribution in [-0.4, -0.2) is 24.0 Å². The summed E-state index contributed by atoms with van der Waals surface area (Å²) in [6.45, 7) is 4.26. The lowest BCUT2D eigenvalue weighted by atomic mass is 9.92. The van der Waals surface area contributed by atoms with Crippen molar-refractivity contribution in [3.05, 3.63) is 60.1 Å². The molecule has 3 atom stereocenters. The zero-order valence-electron chi connectivity index (χ0n) is 11.9. The van der Waals surface area contributed by atoms with Crippen LogP contribution in [0.25, 0.3) is 0 Å². The van der Waals surface area contributed by atoms with E-state index in [1.54, 1.807) is 6.26 Å². The lowest BCUT2D eigenvalue weighted by molar-refractivity contribution is 0.122. The van der Waals surface area contributed by atoms with Crippen LogP contribution in [0.3, 0.4) is 0 Å². The zero-order valence-corrected chi connectivity index (χ0v) is 11.9. The van der Waals surface area contributed by atoms with Crippen molar-refractivity contribution in [3.8, 4) is 0 Å². The summed E-state index contributed by atoms with van der Waals surface area (Å²) >= 11 is 0. The molecule has 0 amide bonds. The van der Waals surface area contributed by atoms with Gasteiger partial charge in [0, 0.05) is 19.1 Å². The van der Waals surface area contributed by atoms with Gasteiger partial charge >= 0.3 is 0 Å². The topological polar surface area (TPSA) is 42.4 Å². The fraction of sp³-hybridized carbons (Fsp3) is 0.412. The van der Waals surface area contributed by atoms with Crippen molar-refractivity contribution >= 4 is 0 Å². The molecular weight excluding hydrogens is 248 g/mol. The van der Waals surface area contributed by atoms with Crippen molar-refractivity contribution in [1.29, 1.82) is 0 Å². The van der Waals surface area contributed by atoms with E-state index in [2.05, 4.69) is 42.2 Å². The van der Waals surface area contributed by atoms with Crippen LogP contribution >= 0.6 is 0 Å². The summed E-state index contributed by atoms with van der Waals surface area (Å²) in [5.41, 5.74) is 7.48. The molecule has 3 rings (SSSR count). The Hall–Kier alpha value is -1.58. The van der Waals surface area contributed by atoms with Gasteiger partial charge < -0.3 is 10.2 Å². The number of furan rings is 1. The molecule has 106 valence electrons. The molecule has 2 aromatic rings. The van der Waals surface area contributed by atoms with Gasteiger partial charge in [0.15, 0.2) is 0 Å². The first-order valence-electron chi connectivity index (χ1n) is 7.32. The molecule has 3 nitrogen and oxygen atoms in total. The normalized spacial score (nSPS) is 25.5. The van der Waals surface area contributed by atoms with Crippen LogP contribution in [0.5, 0.6) is 0 Å². The third-order valence-corrected chi connectivity index (χ3v) is 4.01. The zero-order chi connectivity index (χ0) is 13.9. The van der Waals surface area contributed by atoms with Gasteiger partial charge in [0.05, 0.1) is 12.3 Å². The number of nitrogens with zero attached hydrogens (tertiary/aromatic N) is 1. The van der Waals surface area contributed by atoms with E-state index < -0.39 is 0 Å². The summed E-state index contributed by atoms with van der Waals surface area (Å²) in [6.07, 6.45) is 2.86. The minimum Gasteiger partial charge on any atom is -0.467 e. The number of rotatable bonds is 3. The van der Waals surface area contributed by atoms with Crippen molar-refractivity contribution < 1.29 is 4.42 Å². The van der Waals surface area contributed by atoms with E-state index in [-0.39, 0.29) is 12.1 Å². The summed E-state index contributed by atoms with van der Waals surface area (Å²) in [5.74, 6) is 1.62. The van der Waals surface area contributed by atoms with Gasteiger partial charge in [0.25, 0.3) is 0 Å². The fourth-order valence-corrected chi connectivity index (χ4v) is 3.29. The van der Waals surface area contributed by atoms with Gasteiger partial charge in [0.2, 0.25) is 0 Å². The van der Waals surface area contributed by atoms with E-state index in [0.717, 1.165) is 25.3 Å². The summed E-state index contributed by atoms with van der Waals surface area (Å²) in [4.78, 5) is 2.45. The molecule has 3 unspecified atom stereocenters. The van der Waals surface area contributed by atoms with Gasteiger partial charge in [-0.2, -0.15) is 0 Å². The van der Waals surface area contributed by atoms with E-state index in [1.807, 2.05) is 12.1 Å². The van der Waals surface area contributed by atoms with Crippen LogP contribution in [-0.2, 0) is 0 Å². The van der Waals surface area contributed by atoms with Crippen LogP contribution in [0.2, 0.25) is 0 Å². The van der Waals surface area contributed by atoms with Gasteiger partial charge in [-0.05, 0) is 30.0 Å². The second-order valence-corrected chi connectivity index (χ2v) is 5.88. The molecule has 1 aliphatic heterocycles. The predicted molar refractivity (Wildman–Crippen MR) is 80.3 cm³/mol. The molecule has 1 fully saturated rings. The highest BCUT2D eigenvalue weighted by Gasteiger charge is 2.30. The highest BCUT2D eigenvalue weighted by Crippen LogP contribution is 2.32. The summed E-state index contributed by atoms with van der Waals surface area (Å²) < 4.78 is 5.69. The first kappa shape index (κ1) is 13.4. The first-order valence-corrected chi connectivity index (χ1v) is 7.32. The smallest absolute Gasteiger partial charge is 0.125 e. The monoisotopic (exact) mass is 270 g/mol. The largest absolute Gasteiger partial charge is 0.467 e. The molecule has 1 aromatic heterocycles. The van der Waals surface area contributed by atoms with Crippen molar-refractivity contribution in [1.82, 2.24) is 4.90 Å². The molecule has 0 spiro atoms. The number of likely N-dealkylation sites (tertiary alicyclic amines) is 1. The van der Waals surface area contributed by atoms with Crippen molar-refractivity contribution in [3.63, 3.8) is 0 Å². The van der Waals surface area contributed by atoms with Crippen molar-refractivity contribution in [2.75, 3.05) is 13.1 Å². The van der Waals surface area contributed by atoms with Crippen LogP contribution in [0.15, 0.2) is 53.1 Å². The number of benzene rings is 1. The molecule has 0 aliphatic carbocycles. The van der Waals surface area contributed by atoms with E-state index in [1.165, 1.54) is 5.56 Å². The Morgan fingerprint density at radius 2 is 1.95 bits per heavy atom. The van der Waals surface area contributed by atoms with Gasteiger partial charge in [-0.1, -0.05) is 37.3 Å². The van der Waals surface area contributed by atoms with Gasteiger partial charge in [-0.25, -0.2) is 0 Å². The van der Waals surface area contributed by atoms with Gasteiger partial charge in [0.1, 0.15) is 5.76 Å². The minimum absolute atomic E-state index is 0.167.